The highest BCUT2D eigenvalue weighted by molar-refractivity contribution is 7.16. The van der Waals surface area contributed by atoms with Gasteiger partial charge >= 0.3 is 12.0 Å². The summed E-state index contributed by atoms with van der Waals surface area (Å²) in [4.78, 5) is 23.9. The minimum Gasteiger partial charge on any atom is -0.478 e. The molecule has 1 aromatic rings. The number of hydrogen-bond acceptors (Lipinski definition) is 3. The van der Waals surface area contributed by atoms with Gasteiger partial charge in [0.15, 0.2) is 0 Å². The highest BCUT2D eigenvalue weighted by Crippen LogP contribution is 2.32. The summed E-state index contributed by atoms with van der Waals surface area (Å²) in [7, 11) is 0. The number of rotatable bonds is 7. The summed E-state index contributed by atoms with van der Waals surface area (Å²) >= 11 is 1.29. The van der Waals surface area contributed by atoms with Gasteiger partial charge in [0.2, 0.25) is 0 Å². The average molecular weight is 312 g/mol. The maximum atomic E-state index is 11.8. The van der Waals surface area contributed by atoms with E-state index in [1.165, 1.54) is 11.3 Å². The van der Waals surface area contributed by atoms with Crippen molar-refractivity contribution in [2.24, 2.45) is 5.92 Å². The molecule has 1 rings (SSSR count). The Bertz CT molecular complexity index is 509. The molecule has 2 amide bonds. The first kappa shape index (κ1) is 17.5. The molecule has 5 nitrogen and oxygen atoms in total. The van der Waals surface area contributed by atoms with Crippen molar-refractivity contribution in [3.05, 3.63) is 16.0 Å². The molecular weight excluding hydrogens is 288 g/mol. The summed E-state index contributed by atoms with van der Waals surface area (Å²) in [5.74, 6) is -0.335. The molecule has 0 atom stereocenters. The Kier molecular flexibility index (Phi) is 6.68. The summed E-state index contributed by atoms with van der Waals surface area (Å²) in [5.41, 5.74) is 0.896. The van der Waals surface area contributed by atoms with E-state index in [0.29, 0.717) is 23.0 Å². The Balaban J connectivity index is 2.48. The molecule has 0 spiro atoms. The molecule has 118 valence electrons. The summed E-state index contributed by atoms with van der Waals surface area (Å²) in [6.45, 7) is 8.56. The van der Waals surface area contributed by atoms with Gasteiger partial charge in [-0.25, -0.2) is 9.59 Å². The van der Waals surface area contributed by atoms with Crippen LogP contribution >= 0.6 is 11.3 Å². The van der Waals surface area contributed by atoms with E-state index in [4.69, 9.17) is 0 Å². The van der Waals surface area contributed by atoms with Crippen LogP contribution in [0.15, 0.2) is 0 Å². The van der Waals surface area contributed by atoms with Crippen molar-refractivity contribution in [3.8, 4) is 0 Å². The molecule has 21 heavy (non-hydrogen) atoms. The van der Waals surface area contributed by atoms with Gasteiger partial charge in [0.25, 0.3) is 0 Å². The number of hydrogen-bond donors (Lipinski definition) is 3. The van der Waals surface area contributed by atoms with Crippen molar-refractivity contribution in [1.82, 2.24) is 5.32 Å². The summed E-state index contributed by atoms with van der Waals surface area (Å²) in [5, 5.41) is 15.0. The molecule has 0 aliphatic carbocycles. The van der Waals surface area contributed by atoms with Crippen molar-refractivity contribution >= 4 is 28.3 Å². The van der Waals surface area contributed by atoms with E-state index < -0.39 is 5.97 Å². The van der Waals surface area contributed by atoms with Gasteiger partial charge in [0.1, 0.15) is 5.00 Å². The molecule has 0 aliphatic heterocycles. The quantitative estimate of drug-likeness (QED) is 0.666. The van der Waals surface area contributed by atoms with Crippen molar-refractivity contribution in [1.29, 1.82) is 0 Å². The van der Waals surface area contributed by atoms with Gasteiger partial charge in [-0.3, -0.25) is 5.32 Å². The number of urea groups is 1. The van der Waals surface area contributed by atoms with Gasteiger partial charge < -0.3 is 10.4 Å². The molecule has 0 saturated heterocycles. The number of carboxylic acids is 1. The maximum Gasteiger partial charge on any atom is 0.338 e. The van der Waals surface area contributed by atoms with Crippen LogP contribution in [0.3, 0.4) is 0 Å². The molecule has 3 N–H and O–H groups in total. The fraction of sp³-hybridized carbons (Fsp3) is 0.600. The highest BCUT2D eigenvalue weighted by Gasteiger charge is 2.20. The number of carboxylic acid groups (broad SMARTS) is 1. The Morgan fingerprint density at radius 1 is 1.24 bits per heavy atom. The second kappa shape index (κ2) is 8.02. The largest absolute Gasteiger partial charge is 0.478 e. The van der Waals surface area contributed by atoms with Crippen molar-refractivity contribution < 1.29 is 14.7 Å². The highest BCUT2D eigenvalue weighted by atomic mass is 32.1. The van der Waals surface area contributed by atoms with Crippen LogP contribution < -0.4 is 10.6 Å². The second-order valence-corrected chi connectivity index (χ2v) is 6.79. The SMILES string of the molecule is Cc1sc(NC(=O)NCCCCC(C)C)c(C(=O)O)c1C. The first-order valence-corrected chi connectivity index (χ1v) is 8.02. The molecule has 0 saturated carbocycles. The Hall–Kier alpha value is -1.56. The van der Waals surface area contributed by atoms with Crippen molar-refractivity contribution in [2.45, 2.75) is 47.0 Å². The zero-order chi connectivity index (χ0) is 16.0. The lowest BCUT2D eigenvalue weighted by Crippen LogP contribution is -2.29. The van der Waals surface area contributed by atoms with Crippen LogP contribution in [-0.2, 0) is 0 Å². The Morgan fingerprint density at radius 2 is 1.90 bits per heavy atom. The van der Waals surface area contributed by atoms with Crippen LogP contribution in [-0.4, -0.2) is 23.7 Å². The van der Waals surface area contributed by atoms with Gasteiger partial charge in [0.05, 0.1) is 5.56 Å². The predicted octanol–water partition coefficient (Wildman–Crippen LogP) is 4.01. The molecule has 0 aromatic carbocycles. The van der Waals surface area contributed by atoms with Crippen LogP contribution in [0.5, 0.6) is 0 Å². The molecule has 6 heteroatoms. The minimum atomic E-state index is -1.01. The third-order valence-electron chi connectivity index (χ3n) is 3.32. The fourth-order valence-electron chi connectivity index (χ4n) is 2.00. The molecule has 0 radical (unpaired) electrons. The molecule has 0 aliphatic rings. The monoisotopic (exact) mass is 312 g/mol. The van der Waals surface area contributed by atoms with Crippen LogP contribution in [0.4, 0.5) is 9.80 Å². The number of aromatic carboxylic acids is 1. The van der Waals surface area contributed by atoms with E-state index in [1.54, 1.807) is 6.92 Å². The first-order valence-electron chi connectivity index (χ1n) is 7.21. The van der Waals surface area contributed by atoms with Gasteiger partial charge in [-0.2, -0.15) is 0 Å². The smallest absolute Gasteiger partial charge is 0.338 e. The lowest BCUT2D eigenvalue weighted by Gasteiger charge is -2.08. The van der Waals surface area contributed by atoms with E-state index >= 15 is 0 Å². The normalized spacial score (nSPS) is 10.7. The number of amides is 2. The number of anilines is 1. The van der Waals surface area contributed by atoms with Crippen molar-refractivity contribution in [2.75, 3.05) is 11.9 Å². The third-order valence-corrected chi connectivity index (χ3v) is 4.44. The number of nitrogens with one attached hydrogen (secondary N) is 2. The van der Waals surface area contributed by atoms with Gasteiger partial charge in [-0.1, -0.05) is 26.7 Å². The number of aryl methyl sites for hydroxylation is 1. The van der Waals surface area contributed by atoms with Crippen LogP contribution in [0.25, 0.3) is 0 Å². The minimum absolute atomic E-state index is 0.187. The van der Waals surface area contributed by atoms with E-state index in [9.17, 15) is 14.7 Å². The predicted molar refractivity (Wildman–Crippen MR) is 86.5 cm³/mol. The number of unbranched alkanes of at least 4 members (excludes halogenated alkanes) is 1. The van der Waals surface area contributed by atoms with E-state index in [-0.39, 0.29) is 11.6 Å². The molecule has 0 bridgehead atoms. The third kappa shape index (κ3) is 5.38. The number of carbonyl (C=O) groups is 2. The zero-order valence-electron chi connectivity index (χ0n) is 13.1. The summed E-state index contributed by atoms with van der Waals surface area (Å²) in [6, 6.07) is -0.344. The zero-order valence-corrected chi connectivity index (χ0v) is 13.9. The summed E-state index contributed by atoms with van der Waals surface area (Å²) in [6.07, 6.45) is 3.16. The average Bonchev–Trinajstić information content (AvgIpc) is 2.63. The van der Waals surface area contributed by atoms with E-state index in [2.05, 4.69) is 24.5 Å². The van der Waals surface area contributed by atoms with Crippen LogP contribution in [0.1, 0.15) is 53.9 Å². The van der Waals surface area contributed by atoms with E-state index in [1.807, 2.05) is 6.92 Å². The second-order valence-electron chi connectivity index (χ2n) is 5.56. The maximum absolute atomic E-state index is 11.8. The standard InChI is InChI=1S/C15H24N2O3S/c1-9(2)7-5-6-8-16-15(20)17-13-12(14(18)19)10(3)11(4)21-13/h9H,5-8H2,1-4H3,(H,18,19)(H2,16,17,20). The van der Waals surface area contributed by atoms with Gasteiger partial charge in [0, 0.05) is 11.4 Å². The summed E-state index contributed by atoms with van der Waals surface area (Å²) < 4.78 is 0. The van der Waals surface area contributed by atoms with Gasteiger partial charge in [-0.05, 0) is 31.7 Å². The molecule has 1 heterocycles. The first-order chi connectivity index (χ1) is 9.82. The Labute approximate surface area is 129 Å². The van der Waals surface area contributed by atoms with Crippen molar-refractivity contribution in [3.63, 3.8) is 0 Å². The molecule has 0 fully saturated rings. The van der Waals surface area contributed by atoms with Crippen LogP contribution in [0.2, 0.25) is 0 Å². The van der Waals surface area contributed by atoms with E-state index in [0.717, 1.165) is 24.1 Å². The Morgan fingerprint density at radius 3 is 2.48 bits per heavy atom. The number of thiophene rings is 1. The van der Waals surface area contributed by atoms with Crippen LogP contribution in [0, 0.1) is 19.8 Å². The molecule has 0 unspecified atom stereocenters. The lowest BCUT2D eigenvalue weighted by molar-refractivity contribution is 0.0697. The number of carbonyl (C=O) groups excluding carboxylic acids is 1. The van der Waals surface area contributed by atoms with Gasteiger partial charge in [-0.15, -0.1) is 11.3 Å². The molecule has 1 aromatic heterocycles. The topological polar surface area (TPSA) is 78.4 Å². The molecular formula is C15H24N2O3S. The fourth-order valence-corrected chi connectivity index (χ4v) is 3.05. The lowest BCUT2D eigenvalue weighted by atomic mass is 10.1.